The monoisotopic (exact) mass is 272 g/mol. The number of hydrazine groups is 1. The van der Waals surface area contributed by atoms with Crippen molar-refractivity contribution >= 4 is 5.91 Å². The summed E-state index contributed by atoms with van der Waals surface area (Å²) in [5, 5.41) is 10.3. The molecule has 0 unspecified atom stereocenters. The van der Waals surface area contributed by atoms with Crippen LogP contribution in [0.15, 0.2) is 0 Å². The van der Waals surface area contributed by atoms with Crippen molar-refractivity contribution in [1.29, 1.82) is 0 Å². The van der Waals surface area contributed by atoms with Crippen LogP contribution >= 0.6 is 0 Å². The first-order valence-corrected chi connectivity index (χ1v) is 7.82. The third-order valence-electron chi connectivity index (χ3n) is 3.26. The molecular formula is C15H32N2O2. The molecule has 0 rings (SSSR count). The summed E-state index contributed by atoms with van der Waals surface area (Å²) in [4.78, 5) is 11.5. The number of carbonyl (C=O) groups is 1. The Labute approximate surface area is 118 Å². The summed E-state index contributed by atoms with van der Waals surface area (Å²) in [5.74, 6) is 0.0545. The Morgan fingerprint density at radius 1 is 1.00 bits per heavy atom. The van der Waals surface area contributed by atoms with E-state index in [1.54, 1.807) is 12.1 Å². The Morgan fingerprint density at radius 3 is 2.05 bits per heavy atom. The van der Waals surface area contributed by atoms with Gasteiger partial charge in [-0.1, -0.05) is 58.3 Å². The first-order chi connectivity index (χ1) is 9.20. The topological polar surface area (TPSA) is 52.6 Å². The van der Waals surface area contributed by atoms with Crippen LogP contribution in [-0.4, -0.2) is 36.2 Å². The standard InChI is InChI=1S/C15H32N2O2/c1-3-4-5-6-7-8-9-10-11-12-15(19)16-17(2)13-14-18/h18H,3-14H2,1-2H3,(H,16,19). The van der Waals surface area contributed by atoms with Gasteiger partial charge < -0.3 is 5.11 Å². The fourth-order valence-corrected chi connectivity index (χ4v) is 2.07. The van der Waals surface area contributed by atoms with Crippen LogP contribution in [0.5, 0.6) is 0 Å². The van der Waals surface area contributed by atoms with Gasteiger partial charge in [0.25, 0.3) is 0 Å². The van der Waals surface area contributed by atoms with E-state index >= 15 is 0 Å². The third kappa shape index (κ3) is 13.6. The van der Waals surface area contributed by atoms with E-state index in [4.69, 9.17) is 5.11 Å². The Morgan fingerprint density at radius 2 is 1.53 bits per heavy atom. The zero-order valence-electron chi connectivity index (χ0n) is 12.8. The van der Waals surface area contributed by atoms with Gasteiger partial charge in [-0.25, -0.2) is 5.01 Å². The van der Waals surface area contributed by atoms with Gasteiger partial charge in [0, 0.05) is 20.0 Å². The molecule has 0 aromatic heterocycles. The zero-order valence-corrected chi connectivity index (χ0v) is 12.8. The van der Waals surface area contributed by atoms with Crippen LogP contribution in [0, 0.1) is 0 Å². The lowest BCUT2D eigenvalue weighted by atomic mass is 10.1. The molecule has 114 valence electrons. The number of hydrogen-bond acceptors (Lipinski definition) is 3. The molecule has 0 spiro atoms. The smallest absolute Gasteiger partial charge is 0.234 e. The maximum atomic E-state index is 11.5. The number of carbonyl (C=O) groups excluding carboxylic acids is 1. The second kappa shape index (κ2) is 13.8. The second-order valence-corrected chi connectivity index (χ2v) is 5.26. The lowest BCUT2D eigenvalue weighted by Crippen LogP contribution is -2.40. The van der Waals surface area contributed by atoms with Crippen LogP contribution in [0.4, 0.5) is 0 Å². The van der Waals surface area contributed by atoms with Gasteiger partial charge in [0.05, 0.1) is 6.61 Å². The van der Waals surface area contributed by atoms with Crippen LogP contribution in [-0.2, 0) is 4.79 Å². The molecule has 0 atom stereocenters. The lowest BCUT2D eigenvalue weighted by Gasteiger charge is -2.16. The van der Waals surface area contributed by atoms with Gasteiger partial charge >= 0.3 is 0 Å². The fraction of sp³-hybridized carbons (Fsp3) is 0.933. The van der Waals surface area contributed by atoms with Gasteiger partial charge in [-0.05, 0) is 6.42 Å². The van der Waals surface area contributed by atoms with Crippen molar-refractivity contribution in [2.45, 2.75) is 71.1 Å². The molecule has 0 saturated carbocycles. The van der Waals surface area contributed by atoms with Gasteiger partial charge in [-0.2, -0.15) is 0 Å². The zero-order chi connectivity index (χ0) is 14.3. The Hall–Kier alpha value is -0.610. The highest BCUT2D eigenvalue weighted by Gasteiger charge is 2.03. The van der Waals surface area contributed by atoms with Crippen molar-refractivity contribution < 1.29 is 9.90 Å². The molecule has 19 heavy (non-hydrogen) atoms. The van der Waals surface area contributed by atoms with Crippen LogP contribution < -0.4 is 5.43 Å². The van der Waals surface area contributed by atoms with E-state index in [9.17, 15) is 4.79 Å². The molecule has 0 aliphatic rings. The van der Waals surface area contributed by atoms with Crippen molar-refractivity contribution in [3.63, 3.8) is 0 Å². The number of hydrogen-bond donors (Lipinski definition) is 2. The molecule has 0 aromatic carbocycles. The summed E-state index contributed by atoms with van der Waals surface area (Å²) >= 11 is 0. The van der Waals surface area contributed by atoms with E-state index in [-0.39, 0.29) is 12.5 Å². The normalized spacial score (nSPS) is 10.9. The number of nitrogens with one attached hydrogen (secondary N) is 1. The van der Waals surface area contributed by atoms with Crippen LogP contribution in [0.1, 0.15) is 71.1 Å². The summed E-state index contributed by atoms with van der Waals surface area (Å²) in [6.45, 7) is 2.78. The molecule has 2 N–H and O–H groups in total. The van der Waals surface area contributed by atoms with E-state index in [0.717, 1.165) is 12.8 Å². The van der Waals surface area contributed by atoms with Crippen LogP contribution in [0.2, 0.25) is 0 Å². The molecule has 0 bridgehead atoms. The predicted molar refractivity (Wildman–Crippen MR) is 79.7 cm³/mol. The summed E-state index contributed by atoms with van der Waals surface area (Å²) in [5.41, 5.74) is 2.74. The summed E-state index contributed by atoms with van der Waals surface area (Å²) in [6.07, 6.45) is 12.0. The molecular weight excluding hydrogens is 240 g/mol. The Kier molecular flexibility index (Phi) is 13.4. The minimum atomic E-state index is 0.0545. The number of nitrogens with zero attached hydrogens (tertiary/aromatic N) is 1. The van der Waals surface area contributed by atoms with E-state index in [1.165, 1.54) is 44.9 Å². The number of likely N-dealkylation sites (N-methyl/N-ethyl adjacent to an activating group) is 1. The molecule has 4 heteroatoms. The summed E-state index contributed by atoms with van der Waals surface area (Å²) < 4.78 is 0. The van der Waals surface area contributed by atoms with Crippen molar-refractivity contribution in [2.24, 2.45) is 0 Å². The van der Waals surface area contributed by atoms with Gasteiger partial charge in [0.1, 0.15) is 0 Å². The Balaban J connectivity index is 3.23. The highest BCUT2D eigenvalue weighted by Crippen LogP contribution is 2.10. The number of amides is 1. The van der Waals surface area contributed by atoms with Gasteiger partial charge in [0.2, 0.25) is 5.91 Å². The molecule has 0 radical (unpaired) electrons. The predicted octanol–water partition coefficient (Wildman–Crippen LogP) is 2.86. The molecule has 1 amide bonds. The average molecular weight is 272 g/mol. The van der Waals surface area contributed by atoms with Crippen molar-refractivity contribution in [2.75, 3.05) is 20.2 Å². The van der Waals surface area contributed by atoms with Crippen LogP contribution in [0.25, 0.3) is 0 Å². The average Bonchev–Trinajstić information content (AvgIpc) is 2.37. The minimum absolute atomic E-state index is 0.0545. The van der Waals surface area contributed by atoms with E-state index < -0.39 is 0 Å². The first-order valence-electron chi connectivity index (χ1n) is 7.82. The van der Waals surface area contributed by atoms with Gasteiger partial charge in [0.15, 0.2) is 0 Å². The molecule has 0 saturated heterocycles. The quantitative estimate of drug-likeness (QED) is 0.400. The maximum absolute atomic E-state index is 11.5. The first kappa shape index (κ1) is 18.4. The van der Waals surface area contributed by atoms with Crippen molar-refractivity contribution in [3.05, 3.63) is 0 Å². The number of unbranched alkanes of at least 4 members (excludes halogenated alkanes) is 8. The summed E-state index contributed by atoms with van der Waals surface area (Å²) in [7, 11) is 1.77. The second-order valence-electron chi connectivity index (χ2n) is 5.26. The molecule has 0 aromatic rings. The molecule has 0 fully saturated rings. The molecule has 4 nitrogen and oxygen atoms in total. The van der Waals surface area contributed by atoms with Crippen molar-refractivity contribution in [1.82, 2.24) is 10.4 Å². The highest BCUT2D eigenvalue weighted by molar-refractivity contribution is 5.75. The lowest BCUT2D eigenvalue weighted by molar-refractivity contribution is -0.125. The fourth-order valence-electron chi connectivity index (χ4n) is 2.07. The Bertz CT molecular complexity index is 210. The largest absolute Gasteiger partial charge is 0.395 e. The number of rotatable bonds is 13. The van der Waals surface area contributed by atoms with Gasteiger partial charge in [-0.15, -0.1) is 0 Å². The third-order valence-corrected chi connectivity index (χ3v) is 3.26. The number of aliphatic hydroxyl groups is 1. The van der Waals surface area contributed by atoms with E-state index in [2.05, 4.69) is 12.3 Å². The molecule has 0 aliphatic carbocycles. The minimum Gasteiger partial charge on any atom is -0.395 e. The maximum Gasteiger partial charge on any atom is 0.234 e. The van der Waals surface area contributed by atoms with E-state index in [1.807, 2.05) is 0 Å². The van der Waals surface area contributed by atoms with Gasteiger partial charge in [-0.3, -0.25) is 10.2 Å². The van der Waals surface area contributed by atoms with Crippen molar-refractivity contribution in [3.8, 4) is 0 Å². The SMILES string of the molecule is CCCCCCCCCCCC(=O)NN(C)CCO. The van der Waals surface area contributed by atoms with E-state index in [0.29, 0.717) is 13.0 Å². The molecule has 0 aliphatic heterocycles. The summed E-state index contributed by atoms with van der Waals surface area (Å²) in [6, 6.07) is 0. The van der Waals surface area contributed by atoms with Crippen LogP contribution in [0.3, 0.4) is 0 Å². The molecule has 0 heterocycles. The highest BCUT2D eigenvalue weighted by atomic mass is 16.3. The number of aliphatic hydroxyl groups excluding tert-OH is 1.